The summed E-state index contributed by atoms with van der Waals surface area (Å²) in [6.07, 6.45) is 1.18. The molecule has 0 aliphatic carbocycles. The Morgan fingerprint density at radius 1 is 1.19 bits per heavy atom. The topological polar surface area (TPSA) is 54.7 Å². The molecule has 1 aliphatic rings. The Morgan fingerprint density at radius 3 is 2.59 bits per heavy atom. The summed E-state index contributed by atoms with van der Waals surface area (Å²) in [5.41, 5.74) is 1.10. The number of carbonyl (C=O) groups excluding carboxylic acids is 2. The van der Waals surface area contributed by atoms with Gasteiger partial charge in [-0.2, -0.15) is 4.99 Å². The molecule has 1 aliphatic heterocycles. The second-order valence-electron chi connectivity index (χ2n) is 7.34. The highest BCUT2D eigenvalue weighted by Gasteiger charge is 2.25. The van der Waals surface area contributed by atoms with Crippen molar-refractivity contribution in [3.05, 3.63) is 29.1 Å². The van der Waals surface area contributed by atoms with Crippen molar-refractivity contribution >= 4 is 45.1 Å². The number of hydrogen-bond acceptors (Lipinski definition) is 4. The van der Waals surface area contributed by atoms with Crippen LogP contribution in [0.1, 0.15) is 27.2 Å². The number of rotatable bonds is 5. The highest BCUT2D eigenvalue weighted by molar-refractivity contribution is 8.00. The van der Waals surface area contributed by atoms with Gasteiger partial charge in [-0.3, -0.25) is 9.59 Å². The Labute approximate surface area is 168 Å². The highest BCUT2D eigenvalue weighted by atomic mass is 32.2. The number of para-hydroxylation sites is 1. The second kappa shape index (κ2) is 9.06. The number of nitrogens with zero attached hydrogens (tertiary/aromatic N) is 3. The molecule has 0 radical (unpaired) electrons. The van der Waals surface area contributed by atoms with E-state index in [4.69, 9.17) is 0 Å². The number of carbonyl (C=O) groups is 2. The summed E-state index contributed by atoms with van der Waals surface area (Å²) in [4.78, 5) is 31.7. The van der Waals surface area contributed by atoms with E-state index in [1.54, 1.807) is 0 Å². The quantitative estimate of drug-likeness (QED) is 0.766. The van der Waals surface area contributed by atoms with Crippen LogP contribution in [0.3, 0.4) is 0 Å². The van der Waals surface area contributed by atoms with Crippen LogP contribution in [0.25, 0.3) is 10.2 Å². The normalized spacial score (nSPS) is 21.0. The predicted molar refractivity (Wildman–Crippen MR) is 113 cm³/mol. The summed E-state index contributed by atoms with van der Waals surface area (Å²) in [5, 5.41) is 0. The molecule has 27 heavy (non-hydrogen) atoms. The zero-order valence-electron chi connectivity index (χ0n) is 16.2. The minimum absolute atomic E-state index is 0.136. The summed E-state index contributed by atoms with van der Waals surface area (Å²) < 4.78 is 3.19. The Hall–Kier alpha value is -1.60. The number of thioether (sulfide) groups is 1. The van der Waals surface area contributed by atoms with Gasteiger partial charge < -0.3 is 9.47 Å². The molecular formula is C20H27N3O2S2. The Kier molecular flexibility index (Phi) is 6.76. The molecule has 2 atom stereocenters. The number of amides is 2. The van der Waals surface area contributed by atoms with Gasteiger partial charge in [-0.25, -0.2) is 0 Å². The third-order valence-electron chi connectivity index (χ3n) is 4.80. The molecule has 5 nitrogen and oxygen atoms in total. The van der Waals surface area contributed by atoms with Crippen molar-refractivity contribution in [2.75, 3.05) is 24.6 Å². The van der Waals surface area contributed by atoms with Crippen molar-refractivity contribution in [1.82, 2.24) is 9.47 Å². The first-order valence-corrected chi connectivity index (χ1v) is 11.5. The van der Waals surface area contributed by atoms with Gasteiger partial charge >= 0.3 is 0 Å². The predicted octanol–water partition coefficient (Wildman–Crippen LogP) is 3.39. The molecule has 0 bridgehead atoms. The van der Waals surface area contributed by atoms with Crippen LogP contribution >= 0.6 is 23.1 Å². The first kappa shape index (κ1) is 20.1. The van der Waals surface area contributed by atoms with Gasteiger partial charge in [0.1, 0.15) is 0 Å². The third-order valence-corrected chi connectivity index (χ3v) is 6.76. The third kappa shape index (κ3) is 5.02. The molecule has 3 rings (SSSR count). The molecule has 0 unspecified atom stereocenters. The molecule has 1 aromatic heterocycles. The monoisotopic (exact) mass is 405 g/mol. The standard InChI is InChI=1S/C20H27N3O2S2/c1-4-23-16-7-5-6-8-17(16)27-20(23)21-18(24)12-26-13-19(25)22-10-14(2)9-15(3)11-22/h5-8,14-15H,4,9-13H2,1-3H3/t14-,15+. The number of piperidine rings is 1. The molecule has 2 heterocycles. The van der Waals surface area contributed by atoms with Crippen LogP contribution in [0.5, 0.6) is 0 Å². The molecular weight excluding hydrogens is 378 g/mol. The fourth-order valence-corrected chi connectivity index (χ4v) is 5.54. The van der Waals surface area contributed by atoms with E-state index >= 15 is 0 Å². The van der Waals surface area contributed by atoms with Crippen molar-refractivity contribution in [3.63, 3.8) is 0 Å². The molecule has 2 amide bonds. The minimum Gasteiger partial charge on any atom is -0.341 e. The average molecular weight is 406 g/mol. The van der Waals surface area contributed by atoms with Crippen LogP contribution in [-0.2, 0) is 16.1 Å². The van der Waals surface area contributed by atoms with Crippen LogP contribution in [-0.4, -0.2) is 45.9 Å². The van der Waals surface area contributed by atoms with Crippen molar-refractivity contribution in [3.8, 4) is 0 Å². The maximum atomic E-state index is 12.4. The van der Waals surface area contributed by atoms with Crippen molar-refractivity contribution in [2.24, 2.45) is 16.8 Å². The van der Waals surface area contributed by atoms with Crippen molar-refractivity contribution in [2.45, 2.75) is 33.7 Å². The molecule has 0 saturated carbocycles. The molecule has 1 saturated heterocycles. The molecule has 7 heteroatoms. The first-order valence-electron chi connectivity index (χ1n) is 9.49. The molecule has 0 N–H and O–H groups in total. The highest BCUT2D eigenvalue weighted by Crippen LogP contribution is 2.21. The maximum absolute atomic E-state index is 12.4. The van der Waals surface area contributed by atoms with E-state index < -0.39 is 0 Å². The van der Waals surface area contributed by atoms with Gasteiger partial charge in [0.15, 0.2) is 4.80 Å². The lowest BCUT2D eigenvalue weighted by Gasteiger charge is -2.35. The number of fused-ring (bicyclic) bond motifs is 1. The number of thiazole rings is 1. The Balaban J connectivity index is 1.58. The van der Waals surface area contributed by atoms with Crippen LogP contribution in [0.4, 0.5) is 0 Å². The summed E-state index contributed by atoms with van der Waals surface area (Å²) in [6, 6.07) is 8.08. The fraction of sp³-hybridized carbons (Fsp3) is 0.550. The van der Waals surface area contributed by atoms with Crippen LogP contribution in [0.2, 0.25) is 0 Å². The van der Waals surface area contributed by atoms with E-state index in [1.165, 1.54) is 29.5 Å². The van der Waals surface area contributed by atoms with Gasteiger partial charge in [0.05, 0.1) is 21.7 Å². The average Bonchev–Trinajstić information content (AvgIpc) is 2.97. The molecule has 146 valence electrons. The Bertz CT molecular complexity index is 877. The lowest BCUT2D eigenvalue weighted by atomic mass is 9.92. The SMILES string of the molecule is CCn1c(=NC(=O)CSCC(=O)N2C[C@H](C)C[C@H](C)C2)sc2ccccc21. The molecule has 1 aromatic carbocycles. The molecule has 1 fully saturated rings. The number of benzene rings is 1. The van der Waals surface area contributed by atoms with Gasteiger partial charge in [0.2, 0.25) is 5.91 Å². The fourth-order valence-electron chi connectivity index (χ4n) is 3.73. The molecule has 2 aromatic rings. The number of hydrogen-bond donors (Lipinski definition) is 0. The summed E-state index contributed by atoms with van der Waals surface area (Å²) in [5.74, 6) is 1.65. The van der Waals surface area contributed by atoms with E-state index in [0.717, 1.165) is 34.7 Å². The van der Waals surface area contributed by atoms with Gasteiger partial charge in [-0.05, 0) is 37.3 Å². The largest absolute Gasteiger partial charge is 0.341 e. The second-order valence-corrected chi connectivity index (χ2v) is 9.33. The van der Waals surface area contributed by atoms with Crippen LogP contribution in [0.15, 0.2) is 29.3 Å². The number of aryl methyl sites for hydroxylation is 1. The zero-order valence-corrected chi connectivity index (χ0v) is 17.8. The summed E-state index contributed by atoms with van der Waals surface area (Å²) >= 11 is 2.90. The lowest BCUT2D eigenvalue weighted by Crippen LogP contribution is -2.43. The summed E-state index contributed by atoms with van der Waals surface area (Å²) in [6.45, 7) is 8.88. The Morgan fingerprint density at radius 2 is 1.89 bits per heavy atom. The van der Waals surface area contributed by atoms with E-state index in [1.807, 2.05) is 29.2 Å². The van der Waals surface area contributed by atoms with E-state index in [9.17, 15) is 9.59 Å². The maximum Gasteiger partial charge on any atom is 0.258 e. The zero-order chi connectivity index (χ0) is 19.4. The van der Waals surface area contributed by atoms with Crippen molar-refractivity contribution in [1.29, 1.82) is 0 Å². The number of aromatic nitrogens is 1. The van der Waals surface area contributed by atoms with Crippen LogP contribution in [0, 0.1) is 11.8 Å². The van der Waals surface area contributed by atoms with Crippen molar-refractivity contribution < 1.29 is 9.59 Å². The van der Waals surface area contributed by atoms with E-state index in [0.29, 0.717) is 17.6 Å². The van der Waals surface area contributed by atoms with E-state index in [2.05, 4.69) is 30.3 Å². The van der Waals surface area contributed by atoms with Gasteiger partial charge in [-0.1, -0.05) is 37.3 Å². The van der Waals surface area contributed by atoms with Gasteiger partial charge in [0.25, 0.3) is 5.91 Å². The van der Waals surface area contributed by atoms with Gasteiger partial charge in [0, 0.05) is 19.6 Å². The minimum atomic E-state index is -0.179. The number of likely N-dealkylation sites (tertiary alicyclic amines) is 1. The first-order chi connectivity index (χ1) is 13.0. The smallest absolute Gasteiger partial charge is 0.258 e. The van der Waals surface area contributed by atoms with Gasteiger partial charge in [-0.15, -0.1) is 11.8 Å². The lowest BCUT2D eigenvalue weighted by molar-refractivity contribution is -0.130. The summed E-state index contributed by atoms with van der Waals surface area (Å²) in [7, 11) is 0. The molecule has 0 spiro atoms. The van der Waals surface area contributed by atoms with E-state index in [-0.39, 0.29) is 17.6 Å². The van der Waals surface area contributed by atoms with Crippen LogP contribution < -0.4 is 4.80 Å².